The first-order chi connectivity index (χ1) is 13.6. The molecule has 0 aliphatic heterocycles. The smallest absolute Gasteiger partial charge is 0.143 e. The minimum absolute atomic E-state index is 0.226. The minimum Gasteiger partial charge on any atom is -0.391 e. The van der Waals surface area contributed by atoms with Gasteiger partial charge in [-0.1, -0.05) is 97.9 Å². The Bertz CT molecular complexity index is 735. The summed E-state index contributed by atoms with van der Waals surface area (Å²) < 4.78 is 6.65. The molecule has 0 radical (unpaired) electrons. The Morgan fingerprint density at radius 2 is 1.04 bits per heavy atom. The molecule has 2 N–H and O–H groups in total. The summed E-state index contributed by atoms with van der Waals surface area (Å²) in [7, 11) is 0. The highest BCUT2D eigenvalue weighted by molar-refractivity contribution is 5.47. The molecule has 146 valence electrons. The molecule has 3 rings (SSSR count). The fourth-order valence-electron chi connectivity index (χ4n) is 3.60. The van der Waals surface area contributed by atoms with Gasteiger partial charge in [-0.2, -0.15) is 0 Å². The molecule has 0 aliphatic rings. The topological polar surface area (TPSA) is 49.7 Å². The van der Waals surface area contributed by atoms with Crippen LogP contribution >= 0.6 is 0 Å². The highest BCUT2D eigenvalue weighted by atomic mass is 16.5. The normalized spacial score (nSPS) is 15.0. The van der Waals surface area contributed by atoms with Crippen molar-refractivity contribution in [2.75, 3.05) is 6.61 Å². The Labute approximate surface area is 167 Å². The first kappa shape index (κ1) is 20.3. The van der Waals surface area contributed by atoms with Crippen molar-refractivity contribution in [1.82, 2.24) is 0 Å². The predicted molar refractivity (Wildman–Crippen MR) is 112 cm³/mol. The van der Waals surface area contributed by atoms with E-state index in [2.05, 4.69) is 36.4 Å². The third kappa shape index (κ3) is 4.17. The number of hydrogen-bond donors (Lipinski definition) is 2. The number of aliphatic hydroxyl groups is 2. The maximum Gasteiger partial charge on any atom is 0.143 e. The fourth-order valence-corrected chi connectivity index (χ4v) is 3.60. The van der Waals surface area contributed by atoms with Crippen LogP contribution < -0.4 is 0 Å². The maximum atomic E-state index is 10.3. The highest BCUT2D eigenvalue weighted by Crippen LogP contribution is 2.40. The number of benzene rings is 3. The van der Waals surface area contributed by atoms with E-state index < -0.39 is 17.8 Å². The van der Waals surface area contributed by atoms with Crippen molar-refractivity contribution in [2.45, 2.75) is 31.7 Å². The van der Waals surface area contributed by atoms with Crippen molar-refractivity contribution in [2.24, 2.45) is 5.92 Å². The van der Waals surface area contributed by atoms with E-state index in [4.69, 9.17) is 4.74 Å². The monoisotopic (exact) mass is 376 g/mol. The lowest BCUT2D eigenvalue weighted by atomic mass is 9.80. The van der Waals surface area contributed by atoms with Crippen molar-refractivity contribution in [3.05, 3.63) is 108 Å². The van der Waals surface area contributed by atoms with Crippen LogP contribution in [0.4, 0.5) is 0 Å². The Kier molecular flexibility index (Phi) is 6.63. The van der Waals surface area contributed by atoms with Gasteiger partial charge in [0.05, 0.1) is 18.8 Å². The summed E-state index contributed by atoms with van der Waals surface area (Å²) in [6.07, 6.45) is -1.65. The van der Waals surface area contributed by atoms with Gasteiger partial charge in [-0.25, -0.2) is 0 Å². The van der Waals surface area contributed by atoms with Crippen molar-refractivity contribution < 1.29 is 14.9 Å². The SMILES string of the molecule is C[C@@H](O)[C@@H](O)[C@@H](C)COC(c1ccccc1)(c1ccccc1)c1ccccc1. The molecule has 3 nitrogen and oxygen atoms in total. The molecule has 0 heterocycles. The quantitative estimate of drug-likeness (QED) is 0.574. The van der Waals surface area contributed by atoms with Gasteiger partial charge in [-0.05, 0) is 23.6 Å². The lowest BCUT2D eigenvalue weighted by Crippen LogP contribution is -2.38. The Morgan fingerprint density at radius 1 is 0.679 bits per heavy atom. The van der Waals surface area contributed by atoms with E-state index in [1.54, 1.807) is 6.92 Å². The molecular weight excluding hydrogens is 348 g/mol. The van der Waals surface area contributed by atoms with Crippen LogP contribution in [0.15, 0.2) is 91.0 Å². The second kappa shape index (κ2) is 9.16. The van der Waals surface area contributed by atoms with Crippen molar-refractivity contribution in [3.8, 4) is 0 Å². The molecule has 3 atom stereocenters. The molecule has 0 aliphatic carbocycles. The molecule has 3 heteroatoms. The van der Waals surface area contributed by atoms with Crippen LogP contribution in [-0.2, 0) is 10.3 Å². The van der Waals surface area contributed by atoms with Crippen LogP contribution in [0.3, 0.4) is 0 Å². The Morgan fingerprint density at radius 3 is 1.36 bits per heavy atom. The zero-order valence-corrected chi connectivity index (χ0v) is 16.4. The molecule has 3 aromatic rings. The molecule has 0 saturated heterocycles. The summed E-state index contributed by atoms with van der Waals surface area (Å²) in [5.41, 5.74) is 2.25. The van der Waals surface area contributed by atoms with Gasteiger partial charge in [0.2, 0.25) is 0 Å². The van der Waals surface area contributed by atoms with E-state index >= 15 is 0 Å². The lowest BCUT2D eigenvalue weighted by molar-refractivity contribution is -0.0630. The van der Waals surface area contributed by atoms with E-state index in [-0.39, 0.29) is 5.92 Å². The molecule has 0 amide bonds. The summed E-state index contributed by atoms with van der Waals surface area (Å²) in [4.78, 5) is 0. The maximum absolute atomic E-state index is 10.3. The third-order valence-corrected chi connectivity index (χ3v) is 5.18. The van der Waals surface area contributed by atoms with Crippen molar-refractivity contribution >= 4 is 0 Å². The van der Waals surface area contributed by atoms with Crippen LogP contribution in [0.2, 0.25) is 0 Å². The zero-order chi connectivity index (χ0) is 20.0. The average molecular weight is 376 g/mol. The molecule has 28 heavy (non-hydrogen) atoms. The van der Waals surface area contributed by atoms with Gasteiger partial charge in [0.1, 0.15) is 5.60 Å². The average Bonchev–Trinajstić information content (AvgIpc) is 2.75. The molecular formula is C25H28O3. The van der Waals surface area contributed by atoms with Crippen LogP contribution in [0.1, 0.15) is 30.5 Å². The van der Waals surface area contributed by atoms with Crippen LogP contribution in [0.25, 0.3) is 0 Å². The first-order valence-electron chi connectivity index (χ1n) is 9.72. The van der Waals surface area contributed by atoms with Crippen molar-refractivity contribution in [3.63, 3.8) is 0 Å². The van der Waals surface area contributed by atoms with Gasteiger partial charge in [0.15, 0.2) is 0 Å². The molecule has 0 aromatic heterocycles. The number of hydrogen-bond acceptors (Lipinski definition) is 3. The van der Waals surface area contributed by atoms with Crippen LogP contribution in [-0.4, -0.2) is 29.0 Å². The number of ether oxygens (including phenoxy) is 1. The summed E-state index contributed by atoms with van der Waals surface area (Å²) in [6.45, 7) is 3.79. The van der Waals surface area contributed by atoms with Gasteiger partial charge < -0.3 is 14.9 Å². The number of rotatable bonds is 8. The van der Waals surface area contributed by atoms with E-state index in [1.165, 1.54) is 0 Å². The first-order valence-corrected chi connectivity index (χ1v) is 9.72. The predicted octanol–water partition coefficient (Wildman–Crippen LogP) is 4.37. The van der Waals surface area contributed by atoms with Gasteiger partial charge in [-0.15, -0.1) is 0 Å². The molecule has 0 bridgehead atoms. The molecule has 0 spiro atoms. The second-order valence-electron chi connectivity index (χ2n) is 7.30. The molecule has 3 aromatic carbocycles. The van der Waals surface area contributed by atoms with Crippen molar-refractivity contribution in [1.29, 1.82) is 0 Å². The standard InChI is InChI=1S/C25H28O3/c1-19(24(27)20(2)26)18-28-25(21-12-6-3-7-13-21,22-14-8-4-9-15-22)23-16-10-5-11-17-23/h3-17,19-20,24,26-27H,18H2,1-2H3/t19-,20+,24-/m0/s1. The lowest BCUT2D eigenvalue weighted by Gasteiger charge is -2.37. The third-order valence-electron chi connectivity index (χ3n) is 5.18. The van der Waals surface area contributed by atoms with E-state index in [1.807, 2.05) is 61.5 Å². The fraction of sp³-hybridized carbons (Fsp3) is 0.280. The highest BCUT2D eigenvalue weighted by Gasteiger charge is 2.38. The number of aliphatic hydroxyl groups excluding tert-OH is 2. The largest absolute Gasteiger partial charge is 0.391 e. The Balaban J connectivity index is 2.11. The van der Waals surface area contributed by atoms with E-state index in [0.717, 1.165) is 16.7 Å². The minimum atomic E-state index is -0.847. The van der Waals surface area contributed by atoms with Crippen LogP contribution in [0.5, 0.6) is 0 Å². The van der Waals surface area contributed by atoms with E-state index in [9.17, 15) is 10.2 Å². The zero-order valence-electron chi connectivity index (χ0n) is 16.4. The van der Waals surface area contributed by atoms with Crippen LogP contribution in [0, 0.1) is 5.92 Å². The molecule has 0 saturated carbocycles. The van der Waals surface area contributed by atoms with Gasteiger partial charge >= 0.3 is 0 Å². The van der Waals surface area contributed by atoms with Gasteiger partial charge in [0, 0.05) is 5.92 Å². The summed E-state index contributed by atoms with van der Waals surface area (Å²) in [5, 5.41) is 20.0. The van der Waals surface area contributed by atoms with Gasteiger partial charge in [-0.3, -0.25) is 0 Å². The summed E-state index contributed by atoms with van der Waals surface area (Å²) >= 11 is 0. The second-order valence-corrected chi connectivity index (χ2v) is 7.30. The van der Waals surface area contributed by atoms with Gasteiger partial charge in [0.25, 0.3) is 0 Å². The van der Waals surface area contributed by atoms with E-state index in [0.29, 0.717) is 6.61 Å². The summed E-state index contributed by atoms with van der Waals surface area (Å²) in [6, 6.07) is 30.4. The molecule has 0 fully saturated rings. The molecule has 0 unspecified atom stereocenters. The Hall–Kier alpha value is -2.46. The summed E-state index contributed by atoms with van der Waals surface area (Å²) in [5.74, 6) is -0.226.